The van der Waals surface area contributed by atoms with Crippen molar-refractivity contribution in [3.63, 3.8) is 0 Å². The van der Waals surface area contributed by atoms with Crippen LogP contribution in [0.5, 0.6) is 11.5 Å². The van der Waals surface area contributed by atoms with Gasteiger partial charge in [-0.2, -0.15) is 4.98 Å². The van der Waals surface area contributed by atoms with Gasteiger partial charge < -0.3 is 28.4 Å². The molecule has 0 spiro atoms. The Balaban J connectivity index is 1.26. The third-order valence-corrected chi connectivity index (χ3v) is 6.25. The van der Waals surface area contributed by atoms with Crippen molar-refractivity contribution >= 4 is 11.6 Å². The van der Waals surface area contributed by atoms with Crippen molar-refractivity contribution in [2.24, 2.45) is 0 Å². The molecule has 4 aromatic rings. The quantitative estimate of drug-likeness (QED) is 0.390. The molecule has 1 aliphatic rings. The minimum atomic E-state index is -0.249. The highest BCUT2D eigenvalue weighted by molar-refractivity contribution is 5.77. The molecule has 5 rings (SSSR count). The van der Waals surface area contributed by atoms with Crippen molar-refractivity contribution in [3.8, 4) is 34.5 Å². The molecule has 0 atom stereocenters. The molecule has 186 valence electrons. The van der Waals surface area contributed by atoms with E-state index in [0.29, 0.717) is 66.3 Å². The first-order valence-corrected chi connectivity index (χ1v) is 11.6. The van der Waals surface area contributed by atoms with Gasteiger partial charge in [0, 0.05) is 37.9 Å². The van der Waals surface area contributed by atoms with E-state index in [9.17, 15) is 9.18 Å². The lowest BCUT2D eigenvalue weighted by Crippen LogP contribution is -2.49. The minimum Gasteiger partial charge on any atom is -0.493 e. The summed E-state index contributed by atoms with van der Waals surface area (Å²) in [4.78, 5) is 21.3. The predicted octanol–water partition coefficient (Wildman–Crippen LogP) is 3.71. The zero-order valence-corrected chi connectivity index (χ0v) is 20.1. The van der Waals surface area contributed by atoms with E-state index in [-0.39, 0.29) is 18.3 Å². The Kier molecular flexibility index (Phi) is 6.57. The number of aromatic nitrogens is 3. The monoisotopic (exact) mass is 491 g/mol. The van der Waals surface area contributed by atoms with Gasteiger partial charge in [0.15, 0.2) is 11.5 Å². The van der Waals surface area contributed by atoms with Crippen LogP contribution in [-0.4, -0.2) is 65.9 Å². The van der Waals surface area contributed by atoms with Crippen molar-refractivity contribution in [2.75, 3.05) is 45.3 Å². The highest BCUT2D eigenvalue weighted by atomic mass is 19.1. The summed E-state index contributed by atoms with van der Waals surface area (Å²) in [5.74, 6) is 1.59. The number of ether oxygens (including phenoxy) is 2. The van der Waals surface area contributed by atoms with Crippen molar-refractivity contribution in [3.05, 3.63) is 66.6 Å². The number of halogens is 1. The van der Waals surface area contributed by atoms with Gasteiger partial charge in [0.1, 0.15) is 18.1 Å². The van der Waals surface area contributed by atoms with Gasteiger partial charge in [0.25, 0.3) is 5.89 Å². The van der Waals surface area contributed by atoms with E-state index in [1.165, 1.54) is 6.07 Å². The van der Waals surface area contributed by atoms with Crippen molar-refractivity contribution < 1.29 is 23.2 Å². The molecule has 2 aromatic heterocycles. The van der Waals surface area contributed by atoms with Crippen LogP contribution in [0, 0.1) is 5.82 Å². The highest BCUT2D eigenvalue weighted by Crippen LogP contribution is 2.32. The lowest BCUT2D eigenvalue weighted by atomic mass is 10.2. The first-order valence-electron chi connectivity index (χ1n) is 11.6. The molecular formula is C26H26FN5O4. The summed E-state index contributed by atoms with van der Waals surface area (Å²) in [6, 6.07) is 15.7. The zero-order valence-electron chi connectivity index (χ0n) is 20.1. The molecule has 0 unspecified atom stereocenters. The fraction of sp³-hybridized carbons (Fsp3) is 0.269. The number of piperazine rings is 1. The molecule has 36 heavy (non-hydrogen) atoms. The van der Waals surface area contributed by atoms with Crippen molar-refractivity contribution in [1.29, 1.82) is 0 Å². The topological polar surface area (TPSA) is 85.9 Å². The molecule has 0 radical (unpaired) electrons. The Morgan fingerprint density at radius 1 is 1.00 bits per heavy atom. The Bertz CT molecular complexity index is 1360. The van der Waals surface area contributed by atoms with Gasteiger partial charge >= 0.3 is 0 Å². The summed E-state index contributed by atoms with van der Waals surface area (Å²) < 4.78 is 32.1. The van der Waals surface area contributed by atoms with Gasteiger partial charge in [-0.05, 0) is 42.5 Å². The molecule has 3 heterocycles. The zero-order chi connectivity index (χ0) is 25.1. The highest BCUT2D eigenvalue weighted by Gasteiger charge is 2.24. The second-order valence-corrected chi connectivity index (χ2v) is 8.33. The summed E-state index contributed by atoms with van der Waals surface area (Å²) in [5, 5.41) is 4.10. The Morgan fingerprint density at radius 2 is 1.78 bits per heavy atom. The van der Waals surface area contributed by atoms with E-state index in [1.807, 2.05) is 35.4 Å². The van der Waals surface area contributed by atoms with Crippen molar-refractivity contribution in [1.82, 2.24) is 19.6 Å². The van der Waals surface area contributed by atoms with Gasteiger partial charge in [-0.3, -0.25) is 4.79 Å². The molecular weight excluding hydrogens is 465 g/mol. The van der Waals surface area contributed by atoms with Crippen LogP contribution in [0.1, 0.15) is 0 Å². The number of rotatable bonds is 7. The van der Waals surface area contributed by atoms with Crippen LogP contribution in [-0.2, 0) is 11.3 Å². The smallest absolute Gasteiger partial charge is 0.274 e. The van der Waals surface area contributed by atoms with Crippen LogP contribution in [0.15, 0.2) is 65.3 Å². The number of methoxy groups -OCH3 is 2. The number of nitrogens with zero attached hydrogens (tertiary/aromatic N) is 5. The van der Waals surface area contributed by atoms with Gasteiger partial charge in [-0.15, -0.1) is 0 Å². The summed E-state index contributed by atoms with van der Waals surface area (Å²) in [5.41, 5.74) is 1.93. The number of carbonyl (C=O) groups excluding carboxylic acids is 1. The predicted molar refractivity (Wildman–Crippen MR) is 131 cm³/mol. The molecule has 10 heteroatoms. The number of amides is 1. The van der Waals surface area contributed by atoms with E-state index in [2.05, 4.69) is 10.1 Å². The van der Waals surface area contributed by atoms with Crippen molar-refractivity contribution in [2.45, 2.75) is 6.54 Å². The SMILES string of the molecule is COc1ccc(-c2noc(-c3cccn3CC(=O)N3CCN(c4ccccc4F)CC3)n2)cc1OC. The third kappa shape index (κ3) is 4.61. The number of para-hydroxylation sites is 1. The Morgan fingerprint density at radius 3 is 2.53 bits per heavy atom. The van der Waals surface area contributed by atoms with Crippen LogP contribution in [0.3, 0.4) is 0 Å². The number of anilines is 1. The third-order valence-electron chi connectivity index (χ3n) is 6.25. The number of benzene rings is 2. The summed E-state index contributed by atoms with van der Waals surface area (Å²) >= 11 is 0. The summed E-state index contributed by atoms with van der Waals surface area (Å²) in [6.45, 7) is 2.32. The van der Waals surface area contributed by atoms with Gasteiger partial charge in [-0.1, -0.05) is 17.3 Å². The standard InChI is InChI=1S/C26H26FN5O4/c1-34-22-10-9-18(16-23(22)35-2)25-28-26(36-29-25)21-8-5-11-32(21)17-24(33)31-14-12-30(13-15-31)20-7-4-3-6-19(20)27/h3-11,16H,12-15,17H2,1-2H3. The molecule has 0 bridgehead atoms. The Hall–Kier alpha value is -4.34. The van der Waals surface area contributed by atoms with E-state index < -0.39 is 0 Å². The number of hydrogen-bond donors (Lipinski definition) is 0. The Labute approximate surface area is 207 Å². The first-order chi connectivity index (χ1) is 17.6. The second-order valence-electron chi connectivity index (χ2n) is 8.33. The van der Waals surface area contributed by atoms with Crippen LogP contribution < -0.4 is 14.4 Å². The largest absolute Gasteiger partial charge is 0.493 e. The van der Waals surface area contributed by atoms with E-state index in [0.717, 1.165) is 0 Å². The molecule has 0 aliphatic carbocycles. The number of carbonyl (C=O) groups is 1. The maximum atomic E-state index is 14.1. The van der Waals surface area contributed by atoms with Crippen LogP contribution >= 0.6 is 0 Å². The lowest BCUT2D eigenvalue weighted by molar-refractivity contribution is -0.132. The fourth-order valence-corrected chi connectivity index (χ4v) is 4.32. The minimum absolute atomic E-state index is 0.0275. The number of hydrogen-bond acceptors (Lipinski definition) is 7. The van der Waals surface area contributed by atoms with Gasteiger partial charge in [-0.25, -0.2) is 4.39 Å². The average molecular weight is 492 g/mol. The summed E-state index contributed by atoms with van der Waals surface area (Å²) in [6.07, 6.45) is 1.81. The molecule has 9 nitrogen and oxygen atoms in total. The molecule has 1 fully saturated rings. The molecule has 0 saturated carbocycles. The molecule has 1 saturated heterocycles. The second kappa shape index (κ2) is 10.1. The van der Waals surface area contributed by atoms with E-state index in [1.54, 1.807) is 48.0 Å². The fourth-order valence-electron chi connectivity index (χ4n) is 4.32. The molecule has 0 N–H and O–H groups in total. The average Bonchev–Trinajstić information content (AvgIpc) is 3.58. The van der Waals surface area contributed by atoms with Gasteiger partial charge in [0.2, 0.25) is 11.7 Å². The maximum Gasteiger partial charge on any atom is 0.274 e. The summed E-state index contributed by atoms with van der Waals surface area (Å²) in [7, 11) is 3.13. The van der Waals surface area contributed by atoms with E-state index in [4.69, 9.17) is 14.0 Å². The van der Waals surface area contributed by atoms with Crippen LogP contribution in [0.2, 0.25) is 0 Å². The van der Waals surface area contributed by atoms with Crippen LogP contribution in [0.25, 0.3) is 23.0 Å². The lowest BCUT2D eigenvalue weighted by Gasteiger charge is -2.36. The molecule has 1 aliphatic heterocycles. The maximum absolute atomic E-state index is 14.1. The van der Waals surface area contributed by atoms with Crippen LogP contribution in [0.4, 0.5) is 10.1 Å². The van der Waals surface area contributed by atoms with E-state index >= 15 is 0 Å². The first kappa shape index (κ1) is 23.4. The molecule has 2 aromatic carbocycles. The normalized spacial score (nSPS) is 13.6. The molecule has 1 amide bonds. The van der Waals surface area contributed by atoms with Gasteiger partial charge in [0.05, 0.1) is 19.9 Å².